The van der Waals surface area contributed by atoms with E-state index in [4.69, 9.17) is 0 Å². The van der Waals surface area contributed by atoms with Crippen LogP contribution in [0.5, 0.6) is 0 Å². The summed E-state index contributed by atoms with van der Waals surface area (Å²) in [6.07, 6.45) is 0. The molecule has 3 aromatic rings. The number of nitrogens with one attached hydrogen (secondary N) is 1. The topological polar surface area (TPSA) is 54.3 Å². The maximum absolute atomic E-state index is 12.2. The Kier molecular flexibility index (Phi) is 5.53. The summed E-state index contributed by atoms with van der Waals surface area (Å²) in [5.41, 5.74) is 3.82. The Hall–Kier alpha value is -2.86. The molecule has 0 saturated heterocycles. The zero-order valence-corrected chi connectivity index (χ0v) is 15.6. The van der Waals surface area contributed by atoms with Crippen LogP contribution in [0.15, 0.2) is 64.8 Å². The van der Waals surface area contributed by atoms with Gasteiger partial charge in [0, 0.05) is 36.0 Å². The molecule has 0 unspecified atom stereocenters. The number of rotatable bonds is 6. The van der Waals surface area contributed by atoms with Gasteiger partial charge in [0.2, 0.25) is 5.91 Å². The van der Waals surface area contributed by atoms with Crippen LogP contribution in [0.1, 0.15) is 11.3 Å². The molecule has 0 aliphatic heterocycles. The fraction of sp³-hybridized carbons (Fsp3) is 0.200. The first-order chi connectivity index (χ1) is 12.5. The van der Waals surface area contributed by atoms with E-state index in [0.717, 1.165) is 29.3 Å². The number of carbonyl (C=O) groups is 1. The standard InChI is InChI=1S/C20H21N3O2S/c1-15-14-26-20(25)23(15)13-19(24)21-17-8-10-18(11-9-17)22(2)12-16-6-4-3-5-7-16/h3-11,14H,12-13H2,1-2H3,(H,21,24). The smallest absolute Gasteiger partial charge is 0.307 e. The Morgan fingerprint density at radius 1 is 1.12 bits per heavy atom. The lowest BCUT2D eigenvalue weighted by atomic mass is 10.2. The van der Waals surface area contributed by atoms with Gasteiger partial charge in [-0.2, -0.15) is 0 Å². The number of carbonyl (C=O) groups excluding carboxylic acids is 1. The van der Waals surface area contributed by atoms with Crippen molar-refractivity contribution in [2.24, 2.45) is 0 Å². The van der Waals surface area contributed by atoms with Gasteiger partial charge in [-0.3, -0.25) is 14.2 Å². The summed E-state index contributed by atoms with van der Waals surface area (Å²) < 4.78 is 1.47. The lowest BCUT2D eigenvalue weighted by molar-refractivity contribution is -0.116. The second-order valence-corrected chi connectivity index (χ2v) is 6.99. The van der Waals surface area contributed by atoms with Crippen LogP contribution < -0.4 is 15.1 Å². The number of anilines is 2. The molecule has 6 heteroatoms. The SMILES string of the molecule is Cc1csc(=O)n1CC(=O)Nc1ccc(N(C)Cc2ccccc2)cc1. The monoisotopic (exact) mass is 367 g/mol. The van der Waals surface area contributed by atoms with E-state index < -0.39 is 0 Å². The number of benzene rings is 2. The van der Waals surface area contributed by atoms with Gasteiger partial charge in [0.25, 0.3) is 0 Å². The largest absolute Gasteiger partial charge is 0.370 e. The third-order valence-electron chi connectivity index (χ3n) is 4.13. The summed E-state index contributed by atoms with van der Waals surface area (Å²) >= 11 is 1.11. The molecule has 0 bridgehead atoms. The fourth-order valence-electron chi connectivity index (χ4n) is 2.69. The number of nitrogens with zero attached hydrogens (tertiary/aromatic N) is 2. The van der Waals surface area contributed by atoms with Gasteiger partial charge in [-0.25, -0.2) is 0 Å². The van der Waals surface area contributed by atoms with Gasteiger partial charge in [0.05, 0.1) is 0 Å². The highest BCUT2D eigenvalue weighted by atomic mass is 32.1. The lowest BCUT2D eigenvalue weighted by Gasteiger charge is -2.20. The molecule has 2 aromatic carbocycles. The van der Waals surface area contributed by atoms with Crippen molar-refractivity contribution in [2.45, 2.75) is 20.0 Å². The molecule has 0 fully saturated rings. The van der Waals surface area contributed by atoms with Crippen LogP contribution in [-0.2, 0) is 17.9 Å². The molecule has 1 heterocycles. The molecule has 0 spiro atoms. The van der Waals surface area contributed by atoms with Crippen LogP contribution in [0.2, 0.25) is 0 Å². The molecule has 0 saturated carbocycles. The first kappa shape index (κ1) is 17.9. The van der Waals surface area contributed by atoms with Crippen LogP contribution in [0.3, 0.4) is 0 Å². The number of thiazole rings is 1. The van der Waals surface area contributed by atoms with E-state index in [0.29, 0.717) is 5.69 Å². The molecular weight excluding hydrogens is 346 g/mol. The molecule has 0 atom stereocenters. The highest BCUT2D eigenvalue weighted by Gasteiger charge is 2.09. The van der Waals surface area contributed by atoms with Crippen LogP contribution in [0.4, 0.5) is 11.4 Å². The molecule has 0 aliphatic carbocycles. The summed E-state index contributed by atoms with van der Waals surface area (Å²) in [5, 5.41) is 4.59. The van der Waals surface area contributed by atoms with Gasteiger partial charge >= 0.3 is 4.87 Å². The second kappa shape index (κ2) is 8.01. The van der Waals surface area contributed by atoms with Gasteiger partial charge in [-0.15, -0.1) is 0 Å². The predicted molar refractivity (Wildman–Crippen MR) is 107 cm³/mol. The number of hydrogen-bond donors (Lipinski definition) is 1. The Labute approximate surface area is 156 Å². The van der Waals surface area contributed by atoms with E-state index in [1.165, 1.54) is 10.1 Å². The van der Waals surface area contributed by atoms with Crippen molar-refractivity contribution >= 4 is 28.6 Å². The van der Waals surface area contributed by atoms with Crippen molar-refractivity contribution in [3.05, 3.63) is 80.9 Å². The van der Waals surface area contributed by atoms with Crippen molar-refractivity contribution in [1.82, 2.24) is 4.57 Å². The molecule has 1 aromatic heterocycles. The van der Waals surface area contributed by atoms with E-state index in [2.05, 4.69) is 22.3 Å². The third kappa shape index (κ3) is 4.40. The summed E-state index contributed by atoms with van der Waals surface area (Å²) in [7, 11) is 2.03. The maximum atomic E-state index is 12.2. The highest BCUT2D eigenvalue weighted by Crippen LogP contribution is 2.19. The summed E-state index contributed by atoms with van der Waals surface area (Å²) in [6, 6.07) is 18.0. The molecule has 1 N–H and O–H groups in total. The van der Waals surface area contributed by atoms with Gasteiger partial charge in [0.1, 0.15) is 6.54 Å². The summed E-state index contributed by atoms with van der Waals surface area (Å²) in [5.74, 6) is -0.209. The Bertz CT molecular complexity index is 930. The van der Waals surface area contributed by atoms with E-state index in [1.807, 2.05) is 56.4 Å². The molecule has 0 aliphatic rings. The van der Waals surface area contributed by atoms with Crippen molar-refractivity contribution < 1.29 is 4.79 Å². The Morgan fingerprint density at radius 2 is 1.81 bits per heavy atom. The second-order valence-electron chi connectivity index (χ2n) is 6.17. The van der Waals surface area contributed by atoms with E-state index >= 15 is 0 Å². The predicted octanol–water partition coefficient (Wildman–Crippen LogP) is 3.49. The lowest BCUT2D eigenvalue weighted by Crippen LogP contribution is -2.25. The maximum Gasteiger partial charge on any atom is 0.307 e. The summed E-state index contributed by atoms with van der Waals surface area (Å²) in [4.78, 5) is 25.9. The van der Waals surface area contributed by atoms with Crippen molar-refractivity contribution in [3.8, 4) is 0 Å². The van der Waals surface area contributed by atoms with Crippen LogP contribution in [0.25, 0.3) is 0 Å². The third-order valence-corrected chi connectivity index (χ3v) is 5.01. The molecule has 134 valence electrons. The number of aryl methyl sites for hydroxylation is 1. The minimum absolute atomic E-state index is 0.0316. The van der Waals surface area contributed by atoms with Crippen LogP contribution in [0, 0.1) is 6.92 Å². The Morgan fingerprint density at radius 3 is 2.42 bits per heavy atom. The van der Waals surface area contributed by atoms with Gasteiger partial charge in [-0.05, 0) is 36.8 Å². The van der Waals surface area contributed by atoms with Crippen molar-refractivity contribution in [2.75, 3.05) is 17.3 Å². The zero-order chi connectivity index (χ0) is 18.5. The van der Waals surface area contributed by atoms with Crippen molar-refractivity contribution in [1.29, 1.82) is 0 Å². The molecule has 26 heavy (non-hydrogen) atoms. The quantitative estimate of drug-likeness (QED) is 0.726. The highest BCUT2D eigenvalue weighted by molar-refractivity contribution is 7.07. The fourth-order valence-corrected chi connectivity index (χ4v) is 3.42. The van der Waals surface area contributed by atoms with Gasteiger partial charge < -0.3 is 10.2 Å². The molecule has 5 nitrogen and oxygen atoms in total. The average molecular weight is 367 g/mol. The number of aromatic nitrogens is 1. The van der Waals surface area contributed by atoms with Gasteiger partial charge in [0.15, 0.2) is 0 Å². The normalized spacial score (nSPS) is 10.5. The zero-order valence-electron chi connectivity index (χ0n) is 14.8. The first-order valence-electron chi connectivity index (χ1n) is 8.33. The molecular formula is C20H21N3O2S. The van der Waals surface area contributed by atoms with Crippen LogP contribution in [-0.4, -0.2) is 17.5 Å². The average Bonchev–Trinajstić information content (AvgIpc) is 2.95. The van der Waals surface area contributed by atoms with E-state index in [1.54, 1.807) is 5.38 Å². The molecule has 0 radical (unpaired) electrons. The Balaban J connectivity index is 1.60. The van der Waals surface area contributed by atoms with E-state index in [-0.39, 0.29) is 17.3 Å². The van der Waals surface area contributed by atoms with Crippen LogP contribution >= 0.6 is 11.3 Å². The first-order valence-corrected chi connectivity index (χ1v) is 9.21. The van der Waals surface area contributed by atoms with Gasteiger partial charge in [-0.1, -0.05) is 41.7 Å². The van der Waals surface area contributed by atoms with E-state index in [9.17, 15) is 9.59 Å². The molecule has 1 amide bonds. The van der Waals surface area contributed by atoms with Crippen molar-refractivity contribution in [3.63, 3.8) is 0 Å². The molecule has 3 rings (SSSR count). The number of hydrogen-bond acceptors (Lipinski definition) is 4. The minimum Gasteiger partial charge on any atom is -0.370 e. The minimum atomic E-state index is -0.209. The summed E-state index contributed by atoms with van der Waals surface area (Å²) in [6.45, 7) is 2.67. The number of amides is 1.